The fraction of sp³-hybridized carbons (Fsp3) is 0.500. The Morgan fingerprint density at radius 1 is 1.43 bits per heavy atom. The number of aliphatic carboxylic acids is 1. The van der Waals surface area contributed by atoms with Crippen molar-refractivity contribution in [3.05, 3.63) is 34.3 Å². The molecule has 1 aliphatic rings. The molecule has 1 heterocycles. The summed E-state index contributed by atoms with van der Waals surface area (Å²) < 4.78 is 0. The molecule has 1 aliphatic heterocycles. The Morgan fingerprint density at radius 2 is 2.19 bits per heavy atom. The van der Waals surface area contributed by atoms with Gasteiger partial charge in [0.05, 0.1) is 5.92 Å². The van der Waals surface area contributed by atoms with Crippen molar-refractivity contribution in [2.75, 3.05) is 13.1 Å². The number of hydrogen-bond acceptors (Lipinski definition) is 2. The first kappa shape index (κ1) is 15.8. The summed E-state index contributed by atoms with van der Waals surface area (Å²) in [5, 5.41) is 9.76. The molecule has 1 amide bonds. The lowest BCUT2D eigenvalue weighted by atomic mass is 9.97. The fourth-order valence-corrected chi connectivity index (χ4v) is 2.81. The summed E-state index contributed by atoms with van der Waals surface area (Å²) in [7, 11) is 0. The number of nitrogens with zero attached hydrogens (tertiary/aromatic N) is 1. The number of halogens is 1. The van der Waals surface area contributed by atoms with Crippen molar-refractivity contribution in [2.45, 2.75) is 32.6 Å². The lowest BCUT2D eigenvalue weighted by Gasteiger charge is -2.30. The maximum Gasteiger partial charge on any atom is 0.308 e. The Balaban J connectivity index is 1.89. The average molecular weight is 310 g/mol. The van der Waals surface area contributed by atoms with E-state index in [4.69, 9.17) is 16.7 Å². The summed E-state index contributed by atoms with van der Waals surface area (Å²) in [4.78, 5) is 24.9. The molecule has 0 aliphatic carbocycles. The van der Waals surface area contributed by atoms with Crippen LogP contribution in [0, 0.1) is 12.8 Å². The lowest BCUT2D eigenvalue weighted by Crippen LogP contribution is -2.42. The maximum atomic E-state index is 12.2. The predicted molar refractivity (Wildman–Crippen MR) is 81.4 cm³/mol. The molecule has 1 unspecified atom stereocenters. The van der Waals surface area contributed by atoms with Crippen molar-refractivity contribution in [1.82, 2.24) is 4.90 Å². The molecule has 0 bridgehead atoms. The second kappa shape index (κ2) is 6.94. The van der Waals surface area contributed by atoms with Crippen molar-refractivity contribution in [1.29, 1.82) is 0 Å². The van der Waals surface area contributed by atoms with Crippen molar-refractivity contribution in [3.63, 3.8) is 0 Å². The number of rotatable bonds is 4. The van der Waals surface area contributed by atoms with Gasteiger partial charge in [0.1, 0.15) is 0 Å². The zero-order chi connectivity index (χ0) is 15.4. The topological polar surface area (TPSA) is 57.6 Å². The van der Waals surface area contributed by atoms with Gasteiger partial charge in [-0.1, -0.05) is 23.7 Å². The number of carboxylic acids is 1. The zero-order valence-electron chi connectivity index (χ0n) is 12.1. The van der Waals surface area contributed by atoms with Gasteiger partial charge in [0.15, 0.2) is 0 Å². The van der Waals surface area contributed by atoms with E-state index in [1.165, 1.54) is 0 Å². The van der Waals surface area contributed by atoms with Crippen LogP contribution in [0.1, 0.15) is 30.4 Å². The van der Waals surface area contributed by atoms with E-state index in [0.29, 0.717) is 37.4 Å². The molecule has 5 heteroatoms. The Kier molecular flexibility index (Phi) is 5.23. The van der Waals surface area contributed by atoms with Crippen molar-refractivity contribution >= 4 is 23.5 Å². The third-order valence-electron chi connectivity index (χ3n) is 3.99. The first-order chi connectivity index (χ1) is 9.97. The van der Waals surface area contributed by atoms with E-state index < -0.39 is 11.9 Å². The van der Waals surface area contributed by atoms with Gasteiger partial charge in [0, 0.05) is 24.5 Å². The van der Waals surface area contributed by atoms with Crippen LogP contribution in [0.2, 0.25) is 5.02 Å². The number of likely N-dealkylation sites (tertiary alicyclic amines) is 1. The summed E-state index contributed by atoms with van der Waals surface area (Å²) in [5.41, 5.74) is 2.05. The van der Waals surface area contributed by atoms with Crippen LogP contribution in [-0.2, 0) is 16.0 Å². The molecule has 0 aromatic heterocycles. The number of carbonyl (C=O) groups is 2. The van der Waals surface area contributed by atoms with Crippen LogP contribution in [0.25, 0.3) is 0 Å². The Hall–Kier alpha value is -1.55. The fourth-order valence-electron chi connectivity index (χ4n) is 2.61. The van der Waals surface area contributed by atoms with Crippen LogP contribution in [-0.4, -0.2) is 35.0 Å². The second-order valence-electron chi connectivity index (χ2n) is 5.60. The van der Waals surface area contributed by atoms with Crippen LogP contribution >= 0.6 is 11.6 Å². The molecular weight excluding hydrogens is 290 g/mol. The monoisotopic (exact) mass is 309 g/mol. The summed E-state index contributed by atoms with van der Waals surface area (Å²) in [6, 6.07) is 5.81. The third kappa shape index (κ3) is 4.21. The van der Waals surface area contributed by atoms with Gasteiger partial charge in [-0.2, -0.15) is 0 Å². The first-order valence-electron chi connectivity index (χ1n) is 7.23. The first-order valence-corrected chi connectivity index (χ1v) is 7.61. The summed E-state index contributed by atoms with van der Waals surface area (Å²) in [6.45, 7) is 2.94. The minimum atomic E-state index is -0.808. The van der Waals surface area contributed by atoms with Crippen molar-refractivity contribution in [2.24, 2.45) is 5.92 Å². The molecule has 1 fully saturated rings. The van der Waals surface area contributed by atoms with E-state index in [2.05, 4.69) is 0 Å². The highest BCUT2D eigenvalue weighted by molar-refractivity contribution is 6.31. The largest absolute Gasteiger partial charge is 0.481 e. The lowest BCUT2D eigenvalue weighted by molar-refractivity contribution is -0.145. The van der Waals surface area contributed by atoms with Gasteiger partial charge >= 0.3 is 5.97 Å². The quantitative estimate of drug-likeness (QED) is 0.930. The van der Waals surface area contributed by atoms with Gasteiger partial charge < -0.3 is 10.0 Å². The molecule has 21 heavy (non-hydrogen) atoms. The average Bonchev–Trinajstić information content (AvgIpc) is 2.48. The smallest absolute Gasteiger partial charge is 0.308 e. The maximum absolute atomic E-state index is 12.2. The van der Waals surface area contributed by atoms with Crippen molar-refractivity contribution in [3.8, 4) is 0 Å². The third-order valence-corrected chi connectivity index (χ3v) is 4.39. The van der Waals surface area contributed by atoms with Gasteiger partial charge in [0.25, 0.3) is 0 Å². The predicted octanol–water partition coefficient (Wildman–Crippen LogP) is 2.90. The highest BCUT2D eigenvalue weighted by Gasteiger charge is 2.27. The summed E-state index contributed by atoms with van der Waals surface area (Å²) in [5.74, 6) is -1.20. The van der Waals surface area contributed by atoms with E-state index in [9.17, 15) is 9.59 Å². The number of aryl methyl sites for hydroxylation is 2. The normalized spacial score (nSPS) is 18.6. The van der Waals surface area contributed by atoms with Gasteiger partial charge in [-0.15, -0.1) is 0 Å². The Bertz CT molecular complexity index is 544. The Labute approximate surface area is 129 Å². The van der Waals surface area contributed by atoms with Gasteiger partial charge in [-0.25, -0.2) is 0 Å². The highest BCUT2D eigenvalue weighted by Crippen LogP contribution is 2.20. The number of piperidine rings is 1. The standard InChI is InChI=1S/C16H20ClNO3/c1-11-4-5-12(9-14(11)17)6-7-15(19)18-8-2-3-13(10-18)16(20)21/h4-5,9,13H,2-3,6-8,10H2,1H3,(H,20,21). The van der Waals surface area contributed by atoms with Crippen LogP contribution < -0.4 is 0 Å². The molecule has 1 aromatic carbocycles. The second-order valence-corrected chi connectivity index (χ2v) is 6.01. The molecule has 1 aromatic rings. The highest BCUT2D eigenvalue weighted by atomic mass is 35.5. The molecule has 1 atom stereocenters. The molecule has 2 rings (SSSR count). The molecule has 1 N–H and O–H groups in total. The number of carbonyl (C=O) groups excluding carboxylic acids is 1. The molecule has 0 spiro atoms. The van der Waals surface area contributed by atoms with Gasteiger partial charge in [-0.3, -0.25) is 9.59 Å². The number of benzene rings is 1. The molecule has 0 saturated carbocycles. The molecule has 1 saturated heterocycles. The van der Waals surface area contributed by atoms with Crippen molar-refractivity contribution < 1.29 is 14.7 Å². The molecular formula is C16H20ClNO3. The molecule has 0 radical (unpaired) electrons. The number of hydrogen-bond donors (Lipinski definition) is 1. The van der Waals surface area contributed by atoms with Crippen LogP contribution in [0.4, 0.5) is 0 Å². The molecule has 4 nitrogen and oxygen atoms in total. The van der Waals surface area contributed by atoms with E-state index in [-0.39, 0.29) is 5.91 Å². The van der Waals surface area contributed by atoms with E-state index in [1.54, 1.807) is 4.90 Å². The Morgan fingerprint density at radius 3 is 2.86 bits per heavy atom. The molecule has 114 valence electrons. The SMILES string of the molecule is Cc1ccc(CCC(=O)N2CCCC(C(=O)O)C2)cc1Cl. The van der Waals surface area contributed by atoms with Gasteiger partial charge in [-0.05, 0) is 43.4 Å². The van der Waals surface area contributed by atoms with Gasteiger partial charge in [0.2, 0.25) is 5.91 Å². The van der Waals surface area contributed by atoms with Crippen LogP contribution in [0.3, 0.4) is 0 Å². The minimum absolute atomic E-state index is 0.0256. The minimum Gasteiger partial charge on any atom is -0.481 e. The zero-order valence-corrected chi connectivity index (χ0v) is 12.9. The van der Waals surface area contributed by atoms with E-state index in [1.807, 2.05) is 25.1 Å². The number of amides is 1. The number of carboxylic acid groups (broad SMARTS) is 1. The van der Waals surface area contributed by atoms with Crippen LogP contribution in [0.15, 0.2) is 18.2 Å². The van der Waals surface area contributed by atoms with Crippen LogP contribution in [0.5, 0.6) is 0 Å². The summed E-state index contributed by atoms with van der Waals surface area (Å²) in [6.07, 6.45) is 2.45. The summed E-state index contributed by atoms with van der Waals surface area (Å²) >= 11 is 6.07. The van der Waals surface area contributed by atoms with E-state index in [0.717, 1.165) is 17.5 Å². The van der Waals surface area contributed by atoms with E-state index >= 15 is 0 Å².